The molecule has 0 saturated carbocycles. The van der Waals surface area contributed by atoms with Gasteiger partial charge in [-0.25, -0.2) is 14.4 Å². The van der Waals surface area contributed by atoms with Crippen LogP contribution >= 0.6 is 0 Å². The SMILES string of the molecule is CNc1cc(NCc2cc(C)c(F)c(C)c2)nc(C)n1. The number of hydrogen-bond acceptors (Lipinski definition) is 4. The smallest absolute Gasteiger partial charge is 0.132 e. The number of aromatic nitrogens is 2. The van der Waals surface area contributed by atoms with Crippen molar-refractivity contribution in [3.63, 3.8) is 0 Å². The van der Waals surface area contributed by atoms with Gasteiger partial charge in [-0.15, -0.1) is 0 Å². The first kappa shape index (κ1) is 14.2. The molecule has 0 radical (unpaired) electrons. The second-order valence-corrected chi connectivity index (χ2v) is 4.83. The normalized spacial score (nSPS) is 10.4. The molecule has 2 N–H and O–H groups in total. The summed E-state index contributed by atoms with van der Waals surface area (Å²) in [5.41, 5.74) is 2.36. The fraction of sp³-hybridized carbons (Fsp3) is 0.333. The summed E-state index contributed by atoms with van der Waals surface area (Å²) < 4.78 is 13.6. The highest BCUT2D eigenvalue weighted by Crippen LogP contribution is 2.16. The first-order valence-corrected chi connectivity index (χ1v) is 6.52. The topological polar surface area (TPSA) is 49.8 Å². The van der Waals surface area contributed by atoms with Crippen LogP contribution in [0.15, 0.2) is 18.2 Å². The molecular formula is C15H19FN4. The van der Waals surface area contributed by atoms with E-state index in [1.54, 1.807) is 13.8 Å². The van der Waals surface area contributed by atoms with E-state index in [-0.39, 0.29) is 5.82 Å². The van der Waals surface area contributed by atoms with Crippen LogP contribution in [-0.2, 0) is 6.54 Å². The molecule has 5 heteroatoms. The van der Waals surface area contributed by atoms with Crippen molar-refractivity contribution in [2.45, 2.75) is 27.3 Å². The van der Waals surface area contributed by atoms with E-state index in [0.29, 0.717) is 23.5 Å². The van der Waals surface area contributed by atoms with E-state index in [1.165, 1.54) is 0 Å². The second-order valence-electron chi connectivity index (χ2n) is 4.83. The molecule has 0 fully saturated rings. The standard InChI is InChI=1S/C15H19FN4/c1-9-5-12(6-10(2)15(9)16)8-18-14-7-13(17-4)19-11(3)20-14/h5-7H,8H2,1-4H3,(H2,17,18,19,20). The third-order valence-corrected chi connectivity index (χ3v) is 3.06. The van der Waals surface area contributed by atoms with Gasteiger partial charge in [-0.05, 0) is 37.5 Å². The molecule has 1 aromatic heterocycles. The molecule has 0 aliphatic rings. The van der Waals surface area contributed by atoms with Crippen LogP contribution in [-0.4, -0.2) is 17.0 Å². The second kappa shape index (κ2) is 5.86. The van der Waals surface area contributed by atoms with E-state index in [0.717, 1.165) is 17.2 Å². The Balaban J connectivity index is 2.14. The highest BCUT2D eigenvalue weighted by molar-refractivity contribution is 5.47. The minimum absolute atomic E-state index is 0.135. The lowest BCUT2D eigenvalue weighted by molar-refractivity contribution is 0.608. The Labute approximate surface area is 118 Å². The van der Waals surface area contributed by atoms with Gasteiger partial charge in [0.2, 0.25) is 0 Å². The quantitative estimate of drug-likeness (QED) is 0.899. The maximum Gasteiger partial charge on any atom is 0.132 e. The van der Waals surface area contributed by atoms with Gasteiger partial charge in [0.25, 0.3) is 0 Å². The highest BCUT2D eigenvalue weighted by atomic mass is 19.1. The van der Waals surface area contributed by atoms with Gasteiger partial charge in [0.05, 0.1) is 0 Å². The number of benzene rings is 1. The Morgan fingerprint density at radius 3 is 2.20 bits per heavy atom. The summed E-state index contributed by atoms with van der Waals surface area (Å²) in [5, 5.41) is 6.23. The maximum atomic E-state index is 13.6. The fourth-order valence-electron chi connectivity index (χ4n) is 2.12. The van der Waals surface area contributed by atoms with Gasteiger partial charge in [-0.2, -0.15) is 0 Å². The third-order valence-electron chi connectivity index (χ3n) is 3.06. The largest absolute Gasteiger partial charge is 0.373 e. The van der Waals surface area contributed by atoms with E-state index in [2.05, 4.69) is 20.6 Å². The van der Waals surface area contributed by atoms with Crippen LogP contribution in [0.25, 0.3) is 0 Å². The monoisotopic (exact) mass is 274 g/mol. The molecule has 0 spiro atoms. The van der Waals surface area contributed by atoms with Crippen LogP contribution in [0.3, 0.4) is 0 Å². The van der Waals surface area contributed by atoms with Gasteiger partial charge in [-0.1, -0.05) is 12.1 Å². The summed E-state index contributed by atoms with van der Waals surface area (Å²) in [6.45, 7) is 6.00. The Hall–Kier alpha value is -2.17. The van der Waals surface area contributed by atoms with Gasteiger partial charge in [-0.3, -0.25) is 0 Å². The molecule has 1 heterocycles. The molecule has 0 amide bonds. The van der Waals surface area contributed by atoms with Crippen molar-refractivity contribution in [3.05, 3.63) is 46.5 Å². The predicted octanol–water partition coefficient (Wildman–Crippen LogP) is 3.19. The van der Waals surface area contributed by atoms with Crippen molar-refractivity contribution in [3.8, 4) is 0 Å². The summed E-state index contributed by atoms with van der Waals surface area (Å²) in [6.07, 6.45) is 0. The van der Waals surface area contributed by atoms with Crippen LogP contribution in [0.5, 0.6) is 0 Å². The average molecular weight is 274 g/mol. The van der Waals surface area contributed by atoms with E-state index in [4.69, 9.17) is 0 Å². The van der Waals surface area contributed by atoms with Crippen LogP contribution in [0.4, 0.5) is 16.0 Å². The predicted molar refractivity (Wildman–Crippen MR) is 79.5 cm³/mol. The van der Waals surface area contributed by atoms with Crippen molar-refractivity contribution >= 4 is 11.6 Å². The van der Waals surface area contributed by atoms with E-state index in [1.807, 2.05) is 32.2 Å². The number of hydrogen-bond donors (Lipinski definition) is 2. The molecule has 1 aromatic carbocycles. The number of halogens is 1. The molecule has 0 atom stereocenters. The molecule has 2 aromatic rings. The fourth-order valence-corrected chi connectivity index (χ4v) is 2.12. The van der Waals surface area contributed by atoms with Crippen molar-refractivity contribution in [2.24, 2.45) is 0 Å². The summed E-state index contributed by atoms with van der Waals surface area (Å²) >= 11 is 0. The molecule has 20 heavy (non-hydrogen) atoms. The zero-order chi connectivity index (χ0) is 14.7. The molecular weight excluding hydrogens is 255 g/mol. The van der Waals surface area contributed by atoms with Gasteiger partial charge >= 0.3 is 0 Å². The molecule has 0 unspecified atom stereocenters. The van der Waals surface area contributed by atoms with Crippen LogP contribution in [0.1, 0.15) is 22.5 Å². The molecule has 2 rings (SSSR count). The Morgan fingerprint density at radius 2 is 1.60 bits per heavy atom. The third kappa shape index (κ3) is 3.23. The minimum atomic E-state index is -0.135. The van der Waals surface area contributed by atoms with E-state index in [9.17, 15) is 4.39 Å². The zero-order valence-electron chi connectivity index (χ0n) is 12.2. The summed E-state index contributed by atoms with van der Waals surface area (Å²) in [7, 11) is 1.82. The Morgan fingerprint density at radius 1 is 1.00 bits per heavy atom. The minimum Gasteiger partial charge on any atom is -0.373 e. The van der Waals surface area contributed by atoms with Crippen LogP contribution in [0.2, 0.25) is 0 Å². The summed E-state index contributed by atoms with van der Waals surface area (Å²) in [6, 6.07) is 5.54. The zero-order valence-corrected chi connectivity index (χ0v) is 12.2. The van der Waals surface area contributed by atoms with Gasteiger partial charge in [0.1, 0.15) is 23.3 Å². The molecule has 0 aliphatic heterocycles. The van der Waals surface area contributed by atoms with Crippen molar-refractivity contribution < 1.29 is 4.39 Å². The molecule has 4 nitrogen and oxygen atoms in total. The molecule has 0 saturated heterocycles. The van der Waals surface area contributed by atoms with Crippen LogP contribution < -0.4 is 10.6 Å². The van der Waals surface area contributed by atoms with Crippen molar-refractivity contribution in [2.75, 3.05) is 17.7 Å². The number of anilines is 2. The Bertz CT molecular complexity index is 602. The van der Waals surface area contributed by atoms with Gasteiger partial charge < -0.3 is 10.6 Å². The lowest BCUT2D eigenvalue weighted by Gasteiger charge is -2.10. The summed E-state index contributed by atoms with van der Waals surface area (Å²) in [4.78, 5) is 8.56. The highest BCUT2D eigenvalue weighted by Gasteiger charge is 2.05. The van der Waals surface area contributed by atoms with Gasteiger partial charge in [0.15, 0.2) is 0 Å². The number of nitrogens with zero attached hydrogens (tertiary/aromatic N) is 2. The number of aryl methyl sites for hydroxylation is 3. The lowest BCUT2D eigenvalue weighted by Crippen LogP contribution is -2.06. The average Bonchev–Trinajstić information content (AvgIpc) is 2.41. The number of nitrogens with one attached hydrogen (secondary N) is 2. The molecule has 106 valence electrons. The van der Waals surface area contributed by atoms with E-state index >= 15 is 0 Å². The molecule has 0 bridgehead atoms. The van der Waals surface area contributed by atoms with E-state index < -0.39 is 0 Å². The maximum absolute atomic E-state index is 13.6. The number of rotatable bonds is 4. The molecule has 0 aliphatic carbocycles. The van der Waals surface area contributed by atoms with Crippen molar-refractivity contribution in [1.29, 1.82) is 0 Å². The van der Waals surface area contributed by atoms with Crippen LogP contribution in [0, 0.1) is 26.6 Å². The first-order chi connectivity index (χ1) is 9.49. The van der Waals surface area contributed by atoms with Crippen molar-refractivity contribution in [1.82, 2.24) is 9.97 Å². The summed E-state index contributed by atoms with van der Waals surface area (Å²) in [5.74, 6) is 2.09. The lowest BCUT2D eigenvalue weighted by atomic mass is 10.1. The van der Waals surface area contributed by atoms with Gasteiger partial charge in [0, 0.05) is 19.7 Å². The first-order valence-electron chi connectivity index (χ1n) is 6.52. The Kier molecular flexibility index (Phi) is 4.17.